The zero-order valence-corrected chi connectivity index (χ0v) is 14.8. The molecule has 1 aromatic heterocycles. The molecule has 0 aliphatic heterocycles. The minimum Gasteiger partial charge on any atom is -0.481 e. The highest BCUT2D eigenvalue weighted by Gasteiger charge is 2.16. The van der Waals surface area contributed by atoms with Crippen molar-refractivity contribution in [3.05, 3.63) is 46.7 Å². The summed E-state index contributed by atoms with van der Waals surface area (Å²) in [6.45, 7) is 2.13. The van der Waals surface area contributed by atoms with Gasteiger partial charge in [0.25, 0.3) is 0 Å². The number of fused-ring (bicyclic) bond motifs is 1. The fourth-order valence-electron chi connectivity index (χ4n) is 2.52. The quantitative estimate of drug-likeness (QED) is 0.667. The predicted octanol–water partition coefficient (Wildman–Crippen LogP) is 3.92. The van der Waals surface area contributed by atoms with Crippen molar-refractivity contribution in [2.24, 2.45) is 0 Å². The lowest BCUT2D eigenvalue weighted by molar-refractivity contribution is -0.133. The number of hydrogen-bond donors (Lipinski definition) is 1. The average Bonchev–Trinajstić information content (AvgIpc) is 2.92. The molecule has 7 heteroatoms. The molecule has 0 aliphatic rings. The lowest BCUT2D eigenvalue weighted by Crippen LogP contribution is -2.03. The maximum Gasteiger partial charge on any atom is 0.313 e. The van der Waals surface area contributed by atoms with Gasteiger partial charge >= 0.3 is 5.97 Å². The Bertz CT molecular complexity index is 879. The Kier molecular flexibility index (Phi) is 4.68. The van der Waals surface area contributed by atoms with Crippen molar-refractivity contribution in [2.75, 3.05) is 5.75 Å². The number of hydrogen-bond acceptors (Lipinski definition) is 4. The molecule has 0 spiro atoms. The van der Waals surface area contributed by atoms with Crippen LogP contribution in [0.25, 0.3) is 16.5 Å². The molecule has 0 radical (unpaired) electrons. The van der Waals surface area contributed by atoms with Gasteiger partial charge in [-0.25, -0.2) is 0 Å². The summed E-state index contributed by atoms with van der Waals surface area (Å²) in [7, 11) is 0. The molecule has 0 unspecified atom stereocenters. The third-order valence-electron chi connectivity index (χ3n) is 3.53. The lowest BCUT2D eigenvalue weighted by Gasteiger charge is -2.13. The van der Waals surface area contributed by atoms with Crippen LogP contribution < -0.4 is 0 Å². The van der Waals surface area contributed by atoms with Crippen LogP contribution in [0, 0.1) is 0 Å². The topological polar surface area (TPSA) is 68.0 Å². The van der Waals surface area contributed by atoms with Crippen LogP contribution in [0.4, 0.5) is 0 Å². The summed E-state index contributed by atoms with van der Waals surface area (Å²) >= 11 is 4.56. The predicted molar refractivity (Wildman–Crippen MR) is 94.3 cm³/mol. The first-order valence-electron chi connectivity index (χ1n) is 7.08. The van der Waals surface area contributed by atoms with Gasteiger partial charge in [0.2, 0.25) is 4.73 Å². The smallest absolute Gasteiger partial charge is 0.313 e. The largest absolute Gasteiger partial charge is 0.481 e. The second-order valence-corrected chi connectivity index (χ2v) is 6.56. The van der Waals surface area contributed by atoms with Crippen molar-refractivity contribution in [1.82, 2.24) is 14.8 Å². The number of rotatable bonds is 5. The number of aliphatic carboxylic acids is 1. The Balaban J connectivity index is 2.18. The van der Waals surface area contributed by atoms with Crippen molar-refractivity contribution in [3.8, 4) is 5.69 Å². The van der Waals surface area contributed by atoms with Crippen LogP contribution >= 0.6 is 27.7 Å². The molecule has 1 N–H and O–H groups in total. The SMILES string of the molecule is CCc1ccc(-n2c(Br)nnc2SCC(=O)O)c2ccccc12. The van der Waals surface area contributed by atoms with E-state index in [-0.39, 0.29) is 5.75 Å². The number of aromatic nitrogens is 3. The van der Waals surface area contributed by atoms with Gasteiger partial charge in [-0.1, -0.05) is 49.0 Å². The third kappa shape index (κ3) is 3.11. The van der Waals surface area contributed by atoms with Crippen LogP contribution in [0.3, 0.4) is 0 Å². The molecule has 3 rings (SSSR count). The number of halogens is 1. The molecule has 0 saturated carbocycles. The van der Waals surface area contributed by atoms with E-state index in [9.17, 15) is 4.79 Å². The van der Waals surface area contributed by atoms with Gasteiger partial charge in [0.15, 0.2) is 5.16 Å². The van der Waals surface area contributed by atoms with Crippen molar-refractivity contribution in [3.63, 3.8) is 0 Å². The van der Waals surface area contributed by atoms with Gasteiger partial charge in [-0.15, -0.1) is 10.2 Å². The lowest BCUT2D eigenvalue weighted by atomic mass is 10.0. The highest BCUT2D eigenvalue weighted by Crippen LogP contribution is 2.31. The number of carboxylic acids is 1. The molecule has 0 atom stereocenters. The van der Waals surface area contributed by atoms with Gasteiger partial charge in [-0.05, 0) is 39.4 Å². The van der Waals surface area contributed by atoms with Crippen LogP contribution in [0.15, 0.2) is 46.3 Å². The van der Waals surface area contributed by atoms with Crippen LogP contribution in [-0.4, -0.2) is 31.6 Å². The van der Waals surface area contributed by atoms with E-state index >= 15 is 0 Å². The summed E-state index contributed by atoms with van der Waals surface area (Å²) in [6, 6.07) is 12.3. The van der Waals surface area contributed by atoms with Gasteiger partial charge in [0.05, 0.1) is 11.4 Å². The third-order valence-corrected chi connectivity index (χ3v) is 4.96. The Hall–Kier alpha value is -1.86. The monoisotopic (exact) mass is 391 g/mol. The molecule has 23 heavy (non-hydrogen) atoms. The zero-order valence-electron chi connectivity index (χ0n) is 12.4. The first-order chi connectivity index (χ1) is 11.1. The van der Waals surface area contributed by atoms with E-state index < -0.39 is 5.97 Å². The molecular formula is C16H14BrN3O2S. The first-order valence-corrected chi connectivity index (χ1v) is 8.86. The van der Waals surface area contributed by atoms with E-state index in [0.29, 0.717) is 9.89 Å². The number of benzene rings is 2. The standard InChI is InChI=1S/C16H14BrN3O2S/c1-2-10-7-8-13(12-6-4-3-5-11(10)12)20-15(17)18-19-16(20)23-9-14(21)22/h3-8H,2,9H2,1H3,(H,21,22). The molecule has 3 aromatic rings. The molecule has 1 heterocycles. The summed E-state index contributed by atoms with van der Waals surface area (Å²) in [5, 5.41) is 19.8. The number of carbonyl (C=O) groups is 1. The van der Waals surface area contributed by atoms with Crippen LogP contribution in [0.5, 0.6) is 0 Å². The maximum absolute atomic E-state index is 10.8. The zero-order chi connectivity index (χ0) is 16.4. The molecule has 2 aromatic carbocycles. The van der Waals surface area contributed by atoms with Crippen molar-refractivity contribution < 1.29 is 9.90 Å². The van der Waals surface area contributed by atoms with Gasteiger partial charge in [-0.2, -0.15) is 0 Å². The number of thioether (sulfide) groups is 1. The van der Waals surface area contributed by atoms with Crippen LogP contribution in [0.1, 0.15) is 12.5 Å². The van der Waals surface area contributed by atoms with E-state index in [0.717, 1.165) is 29.3 Å². The Morgan fingerprint density at radius 1 is 1.22 bits per heavy atom. The maximum atomic E-state index is 10.8. The summed E-state index contributed by atoms with van der Waals surface area (Å²) < 4.78 is 2.40. The van der Waals surface area contributed by atoms with Crippen molar-refractivity contribution in [2.45, 2.75) is 18.5 Å². The molecular weight excluding hydrogens is 378 g/mol. The number of aryl methyl sites for hydroxylation is 1. The van der Waals surface area contributed by atoms with Crippen molar-refractivity contribution in [1.29, 1.82) is 0 Å². The molecule has 0 amide bonds. The second-order valence-electron chi connectivity index (χ2n) is 4.91. The average molecular weight is 392 g/mol. The molecule has 5 nitrogen and oxygen atoms in total. The van der Waals surface area contributed by atoms with E-state index in [1.165, 1.54) is 10.9 Å². The van der Waals surface area contributed by atoms with E-state index in [4.69, 9.17) is 5.11 Å². The molecule has 0 fully saturated rings. The fraction of sp³-hybridized carbons (Fsp3) is 0.188. The van der Waals surface area contributed by atoms with E-state index in [1.54, 1.807) is 0 Å². The minimum absolute atomic E-state index is 0.0594. The Morgan fingerprint density at radius 2 is 1.96 bits per heavy atom. The summed E-state index contributed by atoms with van der Waals surface area (Å²) in [6.07, 6.45) is 0.949. The summed E-state index contributed by atoms with van der Waals surface area (Å²) in [5.74, 6) is -0.942. The number of carboxylic acid groups (broad SMARTS) is 1. The van der Waals surface area contributed by atoms with Crippen LogP contribution in [0.2, 0.25) is 0 Å². The second kappa shape index (κ2) is 6.72. The normalized spacial score (nSPS) is 11.0. The fourth-order valence-corrected chi connectivity index (χ4v) is 3.74. The van der Waals surface area contributed by atoms with E-state index in [1.807, 2.05) is 22.8 Å². The molecule has 0 saturated heterocycles. The Morgan fingerprint density at radius 3 is 2.65 bits per heavy atom. The summed E-state index contributed by atoms with van der Waals surface area (Å²) in [5.41, 5.74) is 2.20. The van der Waals surface area contributed by atoms with Gasteiger partial charge in [-0.3, -0.25) is 9.36 Å². The first kappa shape index (κ1) is 16.0. The van der Waals surface area contributed by atoms with Crippen molar-refractivity contribution >= 4 is 44.4 Å². The molecule has 0 bridgehead atoms. The molecule has 0 aliphatic carbocycles. The number of nitrogens with zero attached hydrogens (tertiary/aromatic N) is 3. The van der Waals surface area contributed by atoms with E-state index in [2.05, 4.69) is 51.3 Å². The minimum atomic E-state index is -0.883. The van der Waals surface area contributed by atoms with Crippen LogP contribution in [-0.2, 0) is 11.2 Å². The highest BCUT2D eigenvalue weighted by molar-refractivity contribution is 9.10. The molecule has 118 valence electrons. The van der Waals surface area contributed by atoms with Gasteiger partial charge in [0, 0.05) is 5.39 Å². The Labute approximate surface area is 145 Å². The van der Waals surface area contributed by atoms with Gasteiger partial charge < -0.3 is 5.11 Å². The summed E-state index contributed by atoms with van der Waals surface area (Å²) in [4.78, 5) is 10.8. The van der Waals surface area contributed by atoms with Gasteiger partial charge in [0.1, 0.15) is 0 Å². The highest BCUT2D eigenvalue weighted by atomic mass is 79.9.